The largest absolute Gasteiger partial charge is 0.393 e. The number of carbonyl (C=O) groups excluding carboxylic acids is 1. The van der Waals surface area contributed by atoms with Gasteiger partial charge in [0, 0.05) is 30.9 Å². The molecule has 0 unspecified atom stereocenters. The molecule has 1 aromatic carbocycles. The second kappa shape index (κ2) is 6.77. The Morgan fingerprint density at radius 2 is 1.95 bits per heavy atom. The third-order valence-corrected chi connectivity index (χ3v) is 2.91. The second-order valence-electron chi connectivity index (χ2n) is 4.38. The fraction of sp³-hybridized carbons (Fsp3) is 0.133. The quantitative estimate of drug-likeness (QED) is 0.823. The van der Waals surface area contributed by atoms with Gasteiger partial charge in [0.2, 0.25) is 0 Å². The zero-order chi connectivity index (χ0) is 14.4. The molecular weight excluding hydrogens is 270 g/mol. The highest BCUT2D eigenvalue weighted by atomic mass is 32.1. The van der Waals surface area contributed by atoms with Crippen molar-refractivity contribution in [3.8, 4) is 0 Å². The Kier molecular flexibility index (Phi) is 4.79. The number of hydrogen-bond acceptors (Lipinski definition) is 3. The molecule has 4 nitrogen and oxygen atoms in total. The van der Waals surface area contributed by atoms with Crippen LogP contribution in [-0.4, -0.2) is 15.9 Å². The van der Waals surface area contributed by atoms with E-state index in [2.05, 4.69) is 10.3 Å². The summed E-state index contributed by atoms with van der Waals surface area (Å²) < 4.78 is 0. The number of rotatable bonds is 5. The summed E-state index contributed by atoms with van der Waals surface area (Å²) in [5.41, 5.74) is 8.06. The van der Waals surface area contributed by atoms with Crippen LogP contribution >= 0.6 is 12.2 Å². The van der Waals surface area contributed by atoms with Crippen LogP contribution in [0.4, 0.5) is 0 Å². The van der Waals surface area contributed by atoms with Gasteiger partial charge in [-0.1, -0.05) is 30.4 Å². The number of pyridine rings is 1. The molecule has 0 aliphatic heterocycles. The maximum Gasteiger partial charge on any atom is 0.251 e. The highest BCUT2D eigenvalue weighted by Crippen LogP contribution is 2.06. The molecule has 0 bridgehead atoms. The minimum atomic E-state index is -0.115. The Labute approximate surface area is 123 Å². The molecule has 1 heterocycles. The van der Waals surface area contributed by atoms with Crippen molar-refractivity contribution < 1.29 is 4.79 Å². The number of carbonyl (C=O) groups is 1. The number of amides is 1. The van der Waals surface area contributed by atoms with E-state index < -0.39 is 0 Å². The first-order valence-electron chi connectivity index (χ1n) is 6.19. The van der Waals surface area contributed by atoms with Crippen molar-refractivity contribution >= 4 is 23.1 Å². The molecule has 0 spiro atoms. The zero-order valence-electron chi connectivity index (χ0n) is 10.9. The molecule has 1 aromatic heterocycles. The monoisotopic (exact) mass is 285 g/mol. The van der Waals surface area contributed by atoms with Gasteiger partial charge in [0.1, 0.15) is 0 Å². The van der Waals surface area contributed by atoms with Gasteiger partial charge in [-0.05, 0) is 29.3 Å². The van der Waals surface area contributed by atoms with Gasteiger partial charge in [-0.25, -0.2) is 0 Å². The Bertz CT molecular complexity index is 596. The molecule has 0 saturated heterocycles. The number of hydrogen-bond donors (Lipinski definition) is 2. The summed E-state index contributed by atoms with van der Waals surface area (Å²) >= 11 is 4.85. The fourth-order valence-corrected chi connectivity index (χ4v) is 1.93. The second-order valence-corrected chi connectivity index (χ2v) is 4.91. The Morgan fingerprint density at radius 1 is 1.20 bits per heavy atom. The van der Waals surface area contributed by atoms with E-state index >= 15 is 0 Å². The van der Waals surface area contributed by atoms with Gasteiger partial charge in [0.25, 0.3) is 5.91 Å². The number of nitrogens with zero attached hydrogens (tertiary/aromatic N) is 1. The topological polar surface area (TPSA) is 68.0 Å². The first kappa shape index (κ1) is 14.1. The third-order valence-electron chi connectivity index (χ3n) is 2.77. The van der Waals surface area contributed by atoms with Crippen LogP contribution in [0.1, 0.15) is 21.5 Å². The fourth-order valence-electron chi connectivity index (χ4n) is 1.76. The number of nitrogens with two attached hydrogens (primary N) is 1. The Morgan fingerprint density at radius 3 is 2.55 bits per heavy atom. The van der Waals surface area contributed by atoms with Crippen LogP contribution in [0.3, 0.4) is 0 Å². The van der Waals surface area contributed by atoms with Crippen LogP contribution in [0.15, 0.2) is 48.8 Å². The van der Waals surface area contributed by atoms with Crippen LogP contribution in [0.5, 0.6) is 0 Å². The summed E-state index contributed by atoms with van der Waals surface area (Å²) in [4.78, 5) is 16.4. The smallest absolute Gasteiger partial charge is 0.251 e. The van der Waals surface area contributed by atoms with E-state index in [0.717, 1.165) is 11.1 Å². The first-order valence-corrected chi connectivity index (χ1v) is 6.60. The molecular formula is C15H15N3OS. The maximum absolute atomic E-state index is 12.0. The molecule has 0 fully saturated rings. The number of benzene rings is 1. The molecule has 20 heavy (non-hydrogen) atoms. The minimum absolute atomic E-state index is 0.115. The predicted octanol–water partition coefficient (Wildman–Crippen LogP) is 1.84. The van der Waals surface area contributed by atoms with E-state index in [4.69, 9.17) is 18.0 Å². The van der Waals surface area contributed by atoms with Crippen molar-refractivity contribution in [3.63, 3.8) is 0 Å². The van der Waals surface area contributed by atoms with Crippen molar-refractivity contribution in [3.05, 3.63) is 65.5 Å². The number of nitrogens with one attached hydrogen (secondary N) is 1. The molecule has 102 valence electrons. The van der Waals surface area contributed by atoms with E-state index in [1.165, 1.54) is 0 Å². The first-order chi connectivity index (χ1) is 9.65. The highest BCUT2D eigenvalue weighted by Gasteiger charge is 2.05. The maximum atomic E-state index is 12.0. The Hall–Kier alpha value is -2.27. The molecule has 0 atom stereocenters. The Balaban J connectivity index is 1.94. The lowest BCUT2D eigenvalue weighted by Crippen LogP contribution is -2.22. The molecule has 0 aliphatic carbocycles. The summed E-state index contributed by atoms with van der Waals surface area (Å²) in [6.07, 6.45) is 3.98. The average Bonchev–Trinajstić information content (AvgIpc) is 2.46. The minimum Gasteiger partial charge on any atom is -0.393 e. The van der Waals surface area contributed by atoms with Gasteiger partial charge in [0.05, 0.1) is 4.99 Å². The summed E-state index contributed by atoms with van der Waals surface area (Å²) in [6.45, 7) is 0.460. The van der Waals surface area contributed by atoms with Gasteiger partial charge >= 0.3 is 0 Å². The van der Waals surface area contributed by atoms with Crippen molar-refractivity contribution in [1.82, 2.24) is 10.3 Å². The molecule has 3 N–H and O–H groups in total. The highest BCUT2D eigenvalue weighted by molar-refractivity contribution is 7.80. The van der Waals surface area contributed by atoms with Gasteiger partial charge < -0.3 is 11.1 Å². The molecule has 2 rings (SSSR count). The molecule has 5 heteroatoms. The lowest BCUT2D eigenvalue weighted by Gasteiger charge is -2.06. The van der Waals surface area contributed by atoms with Crippen LogP contribution in [0.25, 0.3) is 0 Å². The normalized spacial score (nSPS) is 10.0. The molecule has 0 radical (unpaired) electrons. The van der Waals surface area contributed by atoms with E-state index in [1.54, 1.807) is 24.5 Å². The van der Waals surface area contributed by atoms with Gasteiger partial charge in [0.15, 0.2) is 0 Å². The van der Waals surface area contributed by atoms with Crippen molar-refractivity contribution in [2.45, 2.75) is 13.0 Å². The lowest BCUT2D eigenvalue weighted by molar-refractivity contribution is 0.0951. The van der Waals surface area contributed by atoms with Crippen LogP contribution in [0.2, 0.25) is 0 Å². The molecule has 0 aliphatic rings. The summed E-state index contributed by atoms with van der Waals surface area (Å²) in [5, 5.41) is 2.85. The summed E-state index contributed by atoms with van der Waals surface area (Å²) in [6, 6.07) is 11.0. The number of aromatic nitrogens is 1. The average molecular weight is 285 g/mol. The van der Waals surface area contributed by atoms with E-state index in [-0.39, 0.29) is 5.91 Å². The van der Waals surface area contributed by atoms with E-state index in [0.29, 0.717) is 23.5 Å². The molecule has 1 amide bonds. The lowest BCUT2D eigenvalue weighted by atomic mass is 10.1. The van der Waals surface area contributed by atoms with E-state index in [1.807, 2.05) is 24.3 Å². The third kappa shape index (κ3) is 4.13. The van der Waals surface area contributed by atoms with Crippen molar-refractivity contribution in [2.24, 2.45) is 5.73 Å². The van der Waals surface area contributed by atoms with Gasteiger partial charge in [-0.3, -0.25) is 9.78 Å². The van der Waals surface area contributed by atoms with Crippen LogP contribution in [-0.2, 0) is 13.0 Å². The van der Waals surface area contributed by atoms with Crippen LogP contribution < -0.4 is 11.1 Å². The zero-order valence-corrected chi connectivity index (χ0v) is 11.7. The SMILES string of the molecule is NC(=S)Cc1ccc(C(=O)NCc2cccnc2)cc1. The number of thiocarbonyl (C=S) groups is 1. The van der Waals surface area contributed by atoms with Gasteiger partial charge in [-0.15, -0.1) is 0 Å². The van der Waals surface area contributed by atoms with Crippen molar-refractivity contribution in [1.29, 1.82) is 0 Å². The summed E-state index contributed by atoms with van der Waals surface area (Å²) in [5.74, 6) is -0.115. The summed E-state index contributed by atoms with van der Waals surface area (Å²) in [7, 11) is 0. The van der Waals surface area contributed by atoms with Crippen molar-refractivity contribution in [2.75, 3.05) is 0 Å². The van der Waals surface area contributed by atoms with E-state index in [9.17, 15) is 4.79 Å². The molecule has 0 saturated carbocycles. The van der Waals surface area contributed by atoms with Gasteiger partial charge in [-0.2, -0.15) is 0 Å². The van der Waals surface area contributed by atoms with Crippen LogP contribution in [0, 0.1) is 0 Å². The predicted molar refractivity (Wildman–Crippen MR) is 82.3 cm³/mol. The standard InChI is InChI=1S/C15H15N3OS/c16-14(20)8-11-3-5-13(6-4-11)15(19)18-10-12-2-1-7-17-9-12/h1-7,9H,8,10H2,(H2,16,20)(H,18,19). The molecule has 2 aromatic rings.